The topological polar surface area (TPSA) is 72.6 Å². The monoisotopic (exact) mass is 327 g/mol. The number of amides is 1. The van der Waals surface area contributed by atoms with Gasteiger partial charge in [-0.05, 0) is 55.0 Å². The molecule has 0 fully saturated rings. The van der Waals surface area contributed by atoms with Crippen LogP contribution in [0.1, 0.15) is 46.3 Å². The van der Waals surface area contributed by atoms with Crippen molar-refractivity contribution in [2.75, 3.05) is 13.7 Å². The van der Waals surface area contributed by atoms with Gasteiger partial charge in [-0.1, -0.05) is 36.4 Å². The van der Waals surface area contributed by atoms with E-state index in [0.717, 1.165) is 24.0 Å². The first-order chi connectivity index (χ1) is 11.5. The number of unbranched alkanes of at least 4 members (excludes halogenated alkanes) is 1. The highest BCUT2D eigenvalue weighted by Gasteiger charge is 2.32. The normalized spacial score (nSPS) is 13.5. The van der Waals surface area contributed by atoms with E-state index >= 15 is 0 Å². The summed E-state index contributed by atoms with van der Waals surface area (Å²) in [5.41, 5.74) is 7.18. The number of carbonyl (C=O) groups excluding carboxylic acids is 1. The summed E-state index contributed by atoms with van der Waals surface area (Å²) in [6, 6.07) is 14.7. The van der Waals surface area contributed by atoms with Crippen LogP contribution < -0.4 is 5.73 Å². The van der Waals surface area contributed by atoms with Gasteiger partial charge in [0.15, 0.2) is 0 Å². The third-order valence-corrected chi connectivity index (χ3v) is 4.35. The molecule has 0 aromatic heterocycles. The molecule has 4 heteroatoms. The number of hydrogen-bond acceptors (Lipinski definition) is 3. The van der Waals surface area contributed by atoms with Crippen LogP contribution in [-0.4, -0.2) is 24.7 Å². The molecule has 0 spiro atoms. The number of benzene rings is 2. The van der Waals surface area contributed by atoms with E-state index in [4.69, 9.17) is 10.5 Å². The second-order valence-corrected chi connectivity index (χ2v) is 6.07. The molecule has 4 nitrogen and oxygen atoms in total. The van der Waals surface area contributed by atoms with Crippen LogP contribution in [0.4, 0.5) is 0 Å². The Morgan fingerprint density at radius 2 is 1.92 bits per heavy atom. The van der Waals surface area contributed by atoms with Crippen molar-refractivity contribution in [2.45, 2.75) is 31.8 Å². The van der Waals surface area contributed by atoms with Crippen molar-refractivity contribution in [1.82, 2.24) is 0 Å². The molecular formula is C20H25NO3. The number of aryl methyl sites for hydroxylation is 1. The lowest BCUT2D eigenvalue weighted by atomic mass is 9.80. The van der Waals surface area contributed by atoms with E-state index in [1.807, 2.05) is 37.3 Å². The standard InChI is InChI=1S/C20H25NO3/c1-15-8-3-4-11-18(15)20(23,12-5-6-13-24-2)17-10-7-9-16(14-17)19(21)22/h3-4,7-11,14,23H,5-6,12-13H2,1-2H3,(H2,21,22). The fourth-order valence-electron chi connectivity index (χ4n) is 3.03. The maximum Gasteiger partial charge on any atom is 0.248 e. The molecule has 24 heavy (non-hydrogen) atoms. The summed E-state index contributed by atoms with van der Waals surface area (Å²) < 4.78 is 5.10. The van der Waals surface area contributed by atoms with E-state index in [0.29, 0.717) is 24.2 Å². The lowest BCUT2D eigenvalue weighted by Crippen LogP contribution is -2.29. The predicted octanol–water partition coefficient (Wildman–Crippen LogP) is 3.15. The summed E-state index contributed by atoms with van der Waals surface area (Å²) in [5, 5.41) is 11.5. The second kappa shape index (κ2) is 8.08. The van der Waals surface area contributed by atoms with Crippen LogP contribution in [0.15, 0.2) is 48.5 Å². The van der Waals surface area contributed by atoms with Crippen molar-refractivity contribution < 1.29 is 14.6 Å². The number of rotatable bonds is 8. The quantitative estimate of drug-likeness (QED) is 0.732. The smallest absolute Gasteiger partial charge is 0.248 e. The first-order valence-electron chi connectivity index (χ1n) is 8.17. The van der Waals surface area contributed by atoms with Gasteiger partial charge in [0.2, 0.25) is 5.91 Å². The van der Waals surface area contributed by atoms with Crippen LogP contribution >= 0.6 is 0 Å². The van der Waals surface area contributed by atoms with Gasteiger partial charge in [-0.25, -0.2) is 0 Å². The van der Waals surface area contributed by atoms with Gasteiger partial charge in [-0.15, -0.1) is 0 Å². The van der Waals surface area contributed by atoms with E-state index in [1.165, 1.54) is 0 Å². The van der Waals surface area contributed by atoms with Crippen molar-refractivity contribution in [3.8, 4) is 0 Å². The average Bonchev–Trinajstić information content (AvgIpc) is 2.59. The van der Waals surface area contributed by atoms with Crippen LogP contribution in [0.25, 0.3) is 0 Å². The lowest BCUT2D eigenvalue weighted by Gasteiger charge is -2.31. The van der Waals surface area contributed by atoms with E-state index in [1.54, 1.807) is 25.3 Å². The average molecular weight is 327 g/mol. The largest absolute Gasteiger partial charge is 0.385 e. The van der Waals surface area contributed by atoms with Crippen molar-refractivity contribution in [2.24, 2.45) is 5.73 Å². The number of ether oxygens (including phenoxy) is 1. The minimum atomic E-state index is -1.16. The third-order valence-electron chi connectivity index (χ3n) is 4.35. The van der Waals surface area contributed by atoms with Crippen LogP contribution in [0.3, 0.4) is 0 Å². The van der Waals surface area contributed by atoms with Crippen LogP contribution in [0.2, 0.25) is 0 Å². The van der Waals surface area contributed by atoms with Crippen molar-refractivity contribution in [3.63, 3.8) is 0 Å². The van der Waals surface area contributed by atoms with Gasteiger partial charge in [-0.3, -0.25) is 4.79 Å². The van der Waals surface area contributed by atoms with E-state index in [9.17, 15) is 9.90 Å². The highest BCUT2D eigenvalue weighted by Crippen LogP contribution is 2.36. The molecule has 1 unspecified atom stereocenters. The predicted molar refractivity (Wildman–Crippen MR) is 94.9 cm³/mol. The Labute approximate surface area is 143 Å². The summed E-state index contributed by atoms with van der Waals surface area (Å²) in [7, 11) is 1.67. The highest BCUT2D eigenvalue weighted by molar-refractivity contribution is 5.93. The number of hydrogen-bond donors (Lipinski definition) is 2. The maximum atomic E-state index is 11.5. The van der Waals surface area contributed by atoms with E-state index in [-0.39, 0.29) is 0 Å². The minimum Gasteiger partial charge on any atom is -0.385 e. The molecule has 2 aromatic rings. The zero-order chi connectivity index (χ0) is 17.6. The SMILES string of the molecule is COCCCCC(O)(c1cccc(C(N)=O)c1)c1ccccc1C. The molecule has 3 N–H and O–H groups in total. The van der Waals surface area contributed by atoms with Crippen molar-refractivity contribution in [1.29, 1.82) is 0 Å². The highest BCUT2D eigenvalue weighted by atomic mass is 16.5. The van der Waals surface area contributed by atoms with Gasteiger partial charge in [0.05, 0.1) is 0 Å². The zero-order valence-corrected chi connectivity index (χ0v) is 14.3. The Kier molecular flexibility index (Phi) is 6.12. The second-order valence-electron chi connectivity index (χ2n) is 6.07. The van der Waals surface area contributed by atoms with Gasteiger partial charge in [0, 0.05) is 19.3 Å². The molecule has 0 bridgehead atoms. The lowest BCUT2D eigenvalue weighted by molar-refractivity contribution is 0.0644. The third kappa shape index (κ3) is 4.02. The summed E-state index contributed by atoms with van der Waals surface area (Å²) >= 11 is 0. The van der Waals surface area contributed by atoms with Gasteiger partial charge in [0.1, 0.15) is 5.60 Å². The van der Waals surface area contributed by atoms with Gasteiger partial charge in [-0.2, -0.15) is 0 Å². The van der Waals surface area contributed by atoms with Crippen LogP contribution in [-0.2, 0) is 10.3 Å². The molecule has 0 heterocycles. The number of nitrogens with two attached hydrogens (primary N) is 1. The van der Waals surface area contributed by atoms with Gasteiger partial charge >= 0.3 is 0 Å². The molecule has 2 aromatic carbocycles. The Morgan fingerprint density at radius 1 is 1.17 bits per heavy atom. The number of primary amides is 1. The number of methoxy groups -OCH3 is 1. The Bertz CT molecular complexity index is 699. The molecule has 0 aliphatic rings. The molecule has 0 saturated heterocycles. The molecule has 128 valence electrons. The zero-order valence-electron chi connectivity index (χ0n) is 14.3. The fraction of sp³-hybridized carbons (Fsp3) is 0.350. The van der Waals surface area contributed by atoms with Gasteiger partial charge in [0.25, 0.3) is 0 Å². The summed E-state index contributed by atoms with van der Waals surface area (Å²) in [5.74, 6) is -0.497. The van der Waals surface area contributed by atoms with E-state index in [2.05, 4.69) is 0 Å². The van der Waals surface area contributed by atoms with E-state index < -0.39 is 11.5 Å². The number of carbonyl (C=O) groups is 1. The Morgan fingerprint density at radius 3 is 2.58 bits per heavy atom. The van der Waals surface area contributed by atoms with Crippen LogP contribution in [0.5, 0.6) is 0 Å². The molecule has 0 aliphatic carbocycles. The molecule has 1 amide bonds. The fourth-order valence-corrected chi connectivity index (χ4v) is 3.03. The first kappa shape index (κ1) is 18.2. The molecule has 1 atom stereocenters. The molecular weight excluding hydrogens is 302 g/mol. The Hall–Kier alpha value is -2.17. The maximum absolute atomic E-state index is 11.5. The number of aliphatic hydroxyl groups is 1. The molecule has 0 saturated carbocycles. The van der Waals surface area contributed by atoms with Crippen molar-refractivity contribution >= 4 is 5.91 Å². The summed E-state index contributed by atoms with van der Waals surface area (Å²) in [6.07, 6.45) is 2.21. The molecule has 0 aliphatic heterocycles. The Balaban J connectivity index is 2.44. The summed E-state index contributed by atoms with van der Waals surface area (Å²) in [4.78, 5) is 11.5. The van der Waals surface area contributed by atoms with Gasteiger partial charge < -0.3 is 15.6 Å². The summed E-state index contributed by atoms with van der Waals surface area (Å²) in [6.45, 7) is 2.64. The molecule has 0 radical (unpaired) electrons. The van der Waals surface area contributed by atoms with Crippen molar-refractivity contribution in [3.05, 3.63) is 70.8 Å². The molecule has 2 rings (SSSR count). The first-order valence-corrected chi connectivity index (χ1v) is 8.17. The minimum absolute atomic E-state index is 0.399. The van der Waals surface area contributed by atoms with Crippen LogP contribution in [0, 0.1) is 6.92 Å².